The lowest BCUT2D eigenvalue weighted by molar-refractivity contribution is -0.126. The topological polar surface area (TPSA) is 84.0 Å². The highest BCUT2D eigenvalue weighted by Crippen LogP contribution is 2.20. The summed E-state index contributed by atoms with van der Waals surface area (Å²) >= 11 is 1.29. The van der Waals surface area contributed by atoms with Crippen LogP contribution in [0.4, 0.5) is 9.52 Å². The average Bonchev–Trinajstić information content (AvgIpc) is 2.97. The Labute approximate surface area is 136 Å². The molecule has 23 heavy (non-hydrogen) atoms. The molecule has 8 heteroatoms. The Kier molecular flexibility index (Phi) is 4.61. The Morgan fingerprint density at radius 3 is 2.83 bits per heavy atom. The summed E-state index contributed by atoms with van der Waals surface area (Å²) in [6.45, 7) is 0.353. The van der Waals surface area contributed by atoms with Gasteiger partial charge in [-0.3, -0.25) is 9.59 Å². The quantitative estimate of drug-likeness (QED) is 0.892. The molecule has 0 bridgehead atoms. The Balaban J connectivity index is 1.57. The maximum absolute atomic E-state index is 12.9. The van der Waals surface area contributed by atoms with Crippen LogP contribution < -0.4 is 10.6 Å². The van der Waals surface area contributed by atoms with Crippen molar-refractivity contribution < 1.29 is 14.0 Å². The van der Waals surface area contributed by atoms with E-state index in [0.29, 0.717) is 30.9 Å². The Bertz CT molecular complexity index is 707. The van der Waals surface area contributed by atoms with Gasteiger partial charge in [0.2, 0.25) is 16.9 Å². The van der Waals surface area contributed by atoms with E-state index in [4.69, 9.17) is 0 Å². The third kappa shape index (κ3) is 4.10. The number of nitrogens with zero attached hydrogens (tertiary/aromatic N) is 2. The molecule has 1 saturated heterocycles. The van der Waals surface area contributed by atoms with Gasteiger partial charge >= 0.3 is 0 Å². The van der Waals surface area contributed by atoms with Gasteiger partial charge in [-0.15, -0.1) is 10.2 Å². The van der Waals surface area contributed by atoms with E-state index in [0.717, 1.165) is 10.6 Å². The molecule has 1 aromatic carbocycles. The van der Waals surface area contributed by atoms with Crippen molar-refractivity contribution in [3.05, 3.63) is 40.7 Å². The second-order valence-corrected chi connectivity index (χ2v) is 6.40. The number of anilines is 1. The molecule has 6 nitrogen and oxygen atoms in total. The monoisotopic (exact) mass is 334 g/mol. The molecule has 3 rings (SSSR count). The van der Waals surface area contributed by atoms with E-state index >= 15 is 0 Å². The van der Waals surface area contributed by atoms with Gasteiger partial charge in [-0.2, -0.15) is 0 Å². The third-order valence-electron chi connectivity index (χ3n) is 3.60. The van der Waals surface area contributed by atoms with Gasteiger partial charge in [-0.25, -0.2) is 4.39 Å². The van der Waals surface area contributed by atoms with E-state index in [-0.39, 0.29) is 23.5 Å². The molecular formula is C15H15FN4O2S. The zero-order valence-electron chi connectivity index (χ0n) is 12.2. The Morgan fingerprint density at radius 2 is 2.13 bits per heavy atom. The van der Waals surface area contributed by atoms with E-state index in [1.807, 2.05) is 0 Å². The zero-order valence-corrected chi connectivity index (χ0v) is 13.0. The van der Waals surface area contributed by atoms with Crippen molar-refractivity contribution in [2.24, 2.45) is 5.92 Å². The number of nitrogens with one attached hydrogen (secondary N) is 2. The first-order chi connectivity index (χ1) is 11.1. The number of rotatable bonds is 4. The first-order valence-electron chi connectivity index (χ1n) is 7.24. The molecule has 1 atom stereocenters. The van der Waals surface area contributed by atoms with Crippen LogP contribution >= 0.6 is 11.3 Å². The molecule has 1 aromatic heterocycles. The molecule has 2 heterocycles. The van der Waals surface area contributed by atoms with Crippen molar-refractivity contribution in [1.29, 1.82) is 0 Å². The van der Waals surface area contributed by atoms with E-state index in [1.165, 1.54) is 23.5 Å². The predicted octanol–water partition coefficient (Wildman–Crippen LogP) is 1.73. The number of carbonyl (C=O) groups excluding carboxylic acids is 2. The fourth-order valence-corrected chi connectivity index (χ4v) is 3.09. The van der Waals surface area contributed by atoms with Crippen molar-refractivity contribution in [2.45, 2.75) is 19.3 Å². The van der Waals surface area contributed by atoms with Crippen molar-refractivity contribution in [1.82, 2.24) is 15.5 Å². The number of carbonyl (C=O) groups is 2. The normalized spacial score (nSPS) is 17.6. The van der Waals surface area contributed by atoms with E-state index in [1.54, 1.807) is 12.1 Å². The molecule has 1 aliphatic heterocycles. The van der Waals surface area contributed by atoms with Gasteiger partial charge in [0.25, 0.3) is 0 Å². The molecule has 2 aromatic rings. The highest BCUT2D eigenvalue weighted by atomic mass is 32.1. The fourth-order valence-electron chi connectivity index (χ4n) is 2.32. The predicted molar refractivity (Wildman–Crippen MR) is 83.5 cm³/mol. The second-order valence-electron chi connectivity index (χ2n) is 5.33. The molecular weight excluding hydrogens is 319 g/mol. The van der Waals surface area contributed by atoms with Crippen LogP contribution in [0.15, 0.2) is 24.3 Å². The van der Waals surface area contributed by atoms with E-state index in [9.17, 15) is 14.0 Å². The van der Waals surface area contributed by atoms with Crippen LogP contribution in [0.5, 0.6) is 0 Å². The van der Waals surface area contributed by atoms with Crippen LogP contribution in [0.2, 0.25) is 0 Å². The number of amides is 2. The molecule has 2 amide bonds. The number of piperidine rings is 1. The number of aromatic nitrogens is 2. The summed E-state index contributed by atoms with van der Waals surface area (Å²) in [5.41, 5.74) is 0.926. The van der Waals surface area contributed by atoms with Crippen LogP contribution in [0.1, 0.15) is 23.4 Å². The third-order valence-corrected chi connectivity index (χ3v) is 4.44. The highest BCUT2D eigenvalue weighted by Gasteiger charge is 2.25. The molecule has 1 fully saturated rings. The van der Waals surface area contributed by atoms with Crippen LogP contribution in [0.3, 0.4) is 0 Å². The largest absolute Gasteiger partial charge is 0.355 e. The summed E-state index contributed by atoms with van der Waals surface area (Å²) in [7, 11) is 0. The summed E-state index contributed by atoms with van der Waals surface area (Å²) in [4.78, 5) is 23.2. The van der Waals surface area contributed by atoms with Gasteiger partial charge in [-0.1, -0.05) is 23.5 Å². The van der Waals surface area contributed by atoms with Crippen LogP contribution in [-0.4, -0.2) is 28.6 Å². The molecule has 0 aliphatic carbocycles. The van der Waals surface area contributed by atoms with Crippen molar-refractivity contribution in [3.63, 3.8) is 0 Å². The van der Waals surface area contributed by atoms with Gasteiger partial charge in [0.1, 0.15) is 10.8 Å². The van der Waals surface area contributed by atoms with Crippen molar-refractivity contribution in [3.8, 4) is 0 Å². The molecule has 120 valence electrons. The lowest BCUT2D eigenvalue weighted by atomic mass is 9.98. The van der Waals surface area contributed by atoms with Gasteiger partial charge < -0.3 is 10.6 Å². The molecule has 1 aliphatic rings. The molecule has 0 radical (unpaired) electrons. The summed E-state index contributed by atoms with van der Waals surface area (Å²) in [5.74, 6) is -0.697. The number of hydrogen-bond donors (Lipinski definition) is 2. The van der Waals surface area contributed by atoms with Crippen LogP contribution in [-0.2, 0) is 16.0 Å². The maximum Gasteiger partial charge on any atom is 0.231 e. The van der Waals surface area contributed by atoms with E-state index < -0.39 is 0 Å². The van der Waals surface area contributed by atoms with E-state index in [2.05, 4.69) is 20.8 Å². The first-order valence-corrected chi connectivity index (χ1v) is 8.06. The molecule has 2 N–H and O–H groups in total. The maximum atomic E-state index is 12.9. The second kappa shape index (κ2) is 6.82. The summed E-state index contributed by atoms with van der Waals surface area (Å²) in [5, 5.41) is 14.6. The van der Waals surface area contributed by atoms with Gasteiger partial charge in [0, 0.05) is 19.4 Å². The molecule has 0 spiro atoms. The smallest absolute Gasteiger partial charge is 0.231 e. The summed E-state index contributed by atoms with van der Waals surface area (Å²) in [6.07, 6.45) is 1.44. The standard InChI is InChI=1S/C15H15FN4O2S/c16-11-4-1-9(2-5-11)7-13-19-20-15(23-13)18-14(22)10-3-6-12(21)17-8-10/h1-2,4-5,10H,3,6-8H2,(H,17,21)(H,18,20,22)/t10-/m1/s1. The SMILES string of the molecule is O=C1CC[C@@H](C(=O)Nc2nnc(Cc3ccc(F)cc3)s2)CN1. The summed E-state index contributed by atoms with van der Waals surface area (Å²) in [6, 6.07) is 6.19. The molecule has 0 unspecified atom stereocenters. The van der Waals surface area contributed by atoms with Gasteiger partial charge in [-0.05, 0) is 24.1 Å². The number of halogens is 1. The number of benzene rings is 1. The minimum atomic E-state index is -0.279. The first kappa shape index (κ1) is 15.5. The lowest BCUT2D eigenvalue weighted by Crippen LogP contribution is -2.40. The van der Waals surface area contributed by atoms with Crippen LogP contribution in [0.25, 0.3) is 0 Å². The zero-order chi connectivity index (χ0) is 16.2. The van der Waals surface area contributed by atoms with Gasteiger partial charge in [0.05, 0.1) is 5.92 Å². The minimum Gasteiger partial charge on any atom is -0.355 e. The van der Waals surface area contributed by atoms with Gasteiger partial charge in [0.15, 0.2) is 0 Å². The Morgan fingerprint density at radius 1 is 1.35 bits per heavy atom. The average molecular weight is 334 g/mol. The fraction of sp³-hybridized carbons (Fsp3) is 0.333. The van der Waals surface area contributed by atoms with Crippen molar-refractivity contribution >= 4 is 28.3 Å². The van der Waals surface area contributed by atoms with Crippen LogP contribution in [0, 0.1) is 11.7 Å². The molecule has 0 saturated carbocycles. The summed E-state index contributed by atoms with van der Waals surface area (Å²) < 4.78 is 12.9. The lowest BCUT2D eigenvalue weighted by Gasteiger charge is -2.20. The Hall–Kier alpha value is -2.35. The minimum absolute atomic E-state index is 0.0217. The van der Waals surface area contributed by atoms with Crippen molar-refractivity contribution in [2.75, 3.05) is 11.9 Å². The number of hydrogen-bond acceptors (Lipinski definition) is 5. The highest BCUT2D eigenvalue weighted by molar-refractivity contribution is 7.15.